The van der Waals surface area contributed by atoms with Gasteiger partial charge in [0, 0.05) is 6.04 Å². The molecule has 2 unspecified atom stereocenters. The van der Waals surface area contributed by atoms with Crippen LogP contribution in [-0.2, 0) is 4.74 Å². The first-order valence-electron chi connectivity index (χ1n) is 6.22. The van der Waals surface area contributed by atoms with Crippen LogP contribution in [0.1, 0.15) is 32.3 Å². The van der Waals surface area contributed by atoms with E-state index in [0.29, 0.717) is 18.2 Å². The number of hydrogen-bond acceptors (Lipinski definition) is 2. The monoisotopic (exact) mass is 253 g/mol. The van der Waals surface area contributed by atoms with Crippen LogP contribution in [-0.4, -0.2) is 18.2 Å². The molecule has 0 aromatic heterocycles. The summed E-state index contributed by atoms with van der Waals surface area (Å²) in [5.74, 6) is 0. The van der Waals surface area contributed by atoms with Crippen molar-refractivity contribution in [1.29, 1.82) is 0 Å². The molecule has 1 aromatic carbocycles. The minimum Gasteiger partial charge on any atom is -0.381 e. The molecule has 0 aliphatic carbocycles. The van der Waals surface area contributed by atoms with E-state index in [9.17, 15) is 0 Å². The fourth-order valence-corrected chi connectivity index (χ4v) is 2.77. The fraction of sp³-hybridized carbons (Fsp3) is 0.571. The third kappa shape index (κ3) is 3.36. The average Bonchev–Trinajstić information content (AvgIpc) is 2.21. The van der Waals surface area contributed by atoms with Crippen molar-refractivity contribution in [2.45, 2.75) is 51.9 Å². The molecule has 0 amide bonds. The molecule has 0 radical (unpaired) electrons. The number of nitrogens with one attached hydrogen (secondary N) is 1. The molecule has 1 aromatic rings. The van der Waals surface area contributed by atoms with E-state index in [0.717, 1.165) is 23.6 Å². The van der Waals surface area contributed by atoms with Gasteiger partial charge >= 0.3 is 0 Å². The molecule has 1 aliphatic heterocycles. The Morgan fingerprint density at radius 3 is 2.47 bits per heavy atom. The lowest BCUT2D eigenvalue weighted by Crippen LogP contribution is -2.36. The number of aryl methyl sites for hydroxylation is 1. The number of anilines is 1. The van der Waals surface area contributed by atoms with Gasteiger partial charge in [-0.2, -0.15) is 0 Å². The number of halogens is 1. The van der Waals surface area contributed by atoms with Crippen molar-refractivity contribution in [3.63, 3.8) is 0 Å². The quantitative estimate of drug-likeness (QED) is 0.860. The van der Waals surface area contributed by atoms with E-state index in [1.165, 1.54) is 5.56 Å². The summed E-state index contributed by atoms with van der Waals surface area (Å²) in [6, 6.07) is 6.59. The predicted molar refractivity (Wildman–Crippen MR) is 72.8 cm³/mol. The van der Waals surface area contributed by atoms with Crippen molar-refractivity contribution in [1.82, 2.24) is 0 Å². The van der Waals surface area contributed by atoms with E-state index in [-0.39, 0.29) is 0 Å². The summed E-state index contributed by atoms with van der Waals surface area (Å²) in [6.07, 6.45) is 2.71. The number of ether oxygens (including phenoxy) is 1. The average molecular weight is 254 g/mol. The Hall–Kier alpha value is -0.730. The normalized spacial score (nSPS) is 29.1. The second-order valence-corrected chi connectivity index (χ2v) is 5.46. The molecule has 2 rings (SSSR count). The standard InChI is InChI=1S/C14H20ClNO/c1-9-4-5-14(13(15)6-9)16-12-7-10(2)17-11(3)8-12/h4-6,10-12,16H,7-8H2,1-3H3. The van der Waals surface area contributed by atoms with E-state index in [2.05, 4.69) is 31.3 Å². The second-order valence-electron chi connectivity index (χ2n) is 5.05. The highest BCUT2D eigenvalue weighted by Gasteiger charge is 2.24. The summed E-state index contributed by atoms with van der Waals surface area (Å²) >= 11 is 6.23. The molecule has 2 atom stereocenters. The maximum absolute atomic E-state index is 6.23. The first kappa shape index (κ1) is 12.7. The van der Waals surface area contributed by atoms with Gasteiger partial charge in [0.15, 0.2) is 0 Å². The molecule has 0 saturated carbocycles. The smallest absolute Gasteiger partial charge is 0.0640 e. The zero-order valence-electron chi connectivity index (χ0n) is 10.7. The Kier molecular flexibility index (Phi) is 3.95. The van der Waals surface area contributed by atoms with Crippen LogP contribution in [0.15, 0.2) is 18.2 Å². The Labute approximate surface area is 108 Å². The van der Waals surface area contributed by atoms with Crippen molar-refractivity contribution in [2.75, 3.05) is 5.32 Å². The highest BCUT2D eigenvalue weighted by molar-refractivity contribution is 6.33. The molecule has 0 bridgehead atoms. The van der Waals surface area contributed by atoms with Crippen LogP contribution in [0.5, 0.6) is 0 Å². The summed E-state index contributed by atoms with van der Waals surface area (Å²) in [4.78, 5) is 0. The number of rotatable bonds is 2. The molecular formula is C14H20ClNO. The Morgan fingerprint density at radius 1 is 1.24 bits per heavy atom. The van der Waals surface area contributed by atoms with Crippen molar-refractivity contribution in [3.8, 4) is 0 Å². The topological polar surface area (TPSA) is 21.3 Å². The van der Waals surface area contributed by atoms with Gasteiger partial charge < -0.3 is 10.1 Å². The molecule has 1 N–H and O–H groups in total. The first-order chi connectivity index (χ1) is 8.04. The molecule has 94 valence electrons. The van der Waals surface area contributed by atoms with Gasteiger partial charge in [0.2, 0.25) is 0 Å². The van der Waals surface area contributed by atoms with Crippen LogP contribution >= 0.6 is 11.6 Å². The third-order valence-corrected chi connectivity index (χ3v) is 3.49. The molecule has 3 heteroatoms. The maximum atomic E-state index is 6.23. The SMILES string of the molecule is Cc1ccc(NC2CC(C)OC(C)C2)c(Cl)c1. The van der Waals surface area contributed by atoms with Crippen LogP contribution < -0.4 is 5.32 Å². The minimum absolute atomic E-state index is 0.320. The van der Waals surface area contributed by atoms with Crippen molar-refractivity contribution in [2.24, 2.45) is 0 Å². The molecule has 1 saturated heterocycles. The summed E-state index contributed by atoms with van der Waals surface area (Å²) in [5, 5.41) is 4.33. The van der Waals surface area contributed by atoms with Gasteiger partial charge in [-0.1, -0.05) is 17.7 Å². The molecule has 1 fully saturated rings. The lowest BCUT2D eigenvalue weighted by molar-refractivity contribution is -0.0337. The summed E-state index contributed by atoms with van der Waals surface area (Å²) in [6.45, 7) is 6.30. The van der Waals surface area contributed by atoms with Gasteiger partial charge in [-0.05, 0) is 51.3 Å². The van der Waals surface area contributed by atoms with Crippen LogP contribution in [0.4, 0.5) is 5.69 Å². The van der Waals surface area contributed by atoms with Gasteiger partial charge in [0.05, 0.1) is 22.9 Å². The predicted octanol–water partition coefficient (Wildman–Crippen LogP) is 4.02. The van der Waals surface area contributed by atoms with E-state index >= 15 is 0 Å². The van der Waals surface area contributed by atoms with E-state index in [1.54, 1.807) is 0 Å². The molecule has 2 nitrogen and oxygen atoms in total. The van der Waals surface area contributed by atoms with Crippen LogP contribution in [0.2, 0.25) is 5.02 Å². The van der Waals surface area contributed by atoms with Gasteiger partial charge in [-0.25, -0.2) is 0 Å². The van der Waals surface area contributed by atoms with E-state index < -0.39 is 0 Å². The second kappa shape index (κ2) is 5.28. The van der Waals surface area contributed by atoms with Gasteiger partial charge in [0.25, 0.3) is 0 Å². The fourth-order valence-electron chi connectivity index (χ4n) is 2.48. The number of benzene rings is 1. The van der Waals surface area contributed by atoms with Crippen LogP contribution in [0.25, 0.3) is 0 Å². The van der Waals surface area contributed by atoms with E-state index in [4.69, 9.17) is 16.3 Å². The Balaban J connectivity index is 2.04. The largest absolute Gasteiger partial charge is 0.381 e. The maximum Gasteiger partial charge on any atom is 0.0640 e. The molecule has 17 heavy (non-hydrogen) atoms. The molecule has 1 heterocycles. The summed E-state index contributed by atoms with van der Waals surface area (Å²) in [7, 11) is 0. The third-order valence-electron chi connectivity index (χ3n) is 3.18. The highest BCUT2D eigenvalue weighted by atomic mass is 35.5. The van der Waals surface area contributed by atoms with E-state index in [1.807, 2.05) is 13.0 Å². The minimum atomic E-state index is 0.320. The van der Waals surface area contributed by atoms with Gasteiger partial charge in [-0.15, -0.1) is 0 Å². The highest BCUT2D eigenvalue weighted by Crippen LogP contribution is 2.27. The lowest BCUT2D eigenvalue weighted by atomic mass is 9.99. The lowest BCUT2D eigenvalue weighted by Gasteiger charge is -2.33. The Morgan fingerprint density at radius 2 is 1.88 bits per heavy atom. The zero-order chi connectivity index (χ0) is 12.4. The summed E-state index contributed by atoms with van der Waals surface area (Å²) < 4.78 is 5.73. The molecule has 0 spiro atoms. The van der Waals surface area contributed by atoms with Gasteiger partial charge in [0.1, 0.15) is 0 Å². The number of hydrogen-bond donors (Lipinski definition) is 1. The van der Waals surface area contributed by atoms with Crippen molar-refractivity contribution >= 4 is 17.3 Å². The van der Waals surface area contributed by atoms with Crippen LogP contribution in [0, 0.1) is 6.92 Å². The molecule has 1 aliphatic rings. The van der Waals surface area contributed by atoms with Gasteiger partial charge in [-0.3, -0.25) is 0 Å². The Bertz CT molecular complexity index is 384. The van der Waals surface area contributed by atoms with Crippen molar-refractivity contribution in [3.05, 3.63) is 28.8 Å². The summed E-state index contributed by atoms with van der Waals surface area (Å²) in [5.41, 5.74) is 2.22. The van der Waals surface area contributed by atoms with Crippen molar-refractivity contribution < 1.29 is 4.74 Å². The molecular weight excluding hydrogens is 234 g/mol. The zero-order valence-corrected chi connectivity index (χ0v) is 11.4. The first-order valence-corrected chi connectivity index (χ1v) is 6.60. The van der Waals surface area contributed by atoms with Crippen LogP contribution in [0.3, 0.4) is 0 Å².